The Bertz CT molecular complexity index is 479. The Morgan fingerprint density at radius 3 is 2.56 bits per heavy atom. The van der Waals surface area contributed by atoms with Crippen molar-refractivity contribution in [2.24, 2.45) is 5.73 Å². The van der Waals surface area contributed by atoms with Crippen molar-refractivity contribution in [1.82, 2.24) is 9.71 Å². The smallest absolute Gasteiger partial charge is 0.258 e. The largest absolute Gasteiger partial charge is 0.326 e. The van der Waals surface area contributed by atoms with Gasteiger partial charge in [0.1, 0.15) is 0 Å². The molecule has 1 aliphatic rings. The van der Waals surface area contributed by atoms with Crippen LogP contribution in [0.2, 0.25) is 0 Å². The standard InChI is InChI=1S/C12H19N3O2S/c13-8-10-6-7-12(14-9-10)18(16,17)15-11-4-2-1-3-5-11/h6-7,9,11,15H,1-5,8,13H2. The molecule has 3 N–H and O–H groups in total. The van der Waals surface area contributed by atoms with Crippen LogP contribution < -0.4 is 10.5 Å². The molecule has 1 aliphatic carbocycles. The molecule has 0 unspecified atom stereocenters. The second-order valence-electron chi connectivity index (χ2n) is 4.67. The summed E-state index contributed by atoms with van der Waals surface area (Å²) in [5, 5.41) is 0.0743. The van der Waals surface area contributed by atoms with Crippen molar-refractivity contribution in [3.63, 3.8) is 0 Å². The number of aromatic nitrogens is 1. The number of hydrogen-bond acceptors (Lipinski definition) is 4. The number of pyridine rings is 1. The molecule has 0 spiro atoms. The highest BCUT2D eigenvalue weighted by atomic mass is 32.2. The molecule has 1 aromatic rings. The zero-order chi connectivity index (χ0) is 13.0. The predicted molar refractivity (Wildman–Crippen MR) is 69.3 cm³/mol. The Morgan fingerprint density at radius 1 is 1.28 bits per heavy atom. The highest BCUT2D eigenvalue weighted by Gasteiger charge is 2.22. The van der Waals surface area contributed by atoms with Gasteiger partial charge in [-0.3, -0.25) is 0 Å². The molecule has 1 saturated carbocycles. The summed E-state index contributed by atoms with van der Waals surface area (Å²) >= 11 is 0. The summed E-state index contributed by atoms with van der Waals surface area (Å²) in [6, 6.07) is 3.26. The van der Waals surface area contributed by atoms with Crippen molar-refractivity contribution in [3.05, 3.63) is 23.9 Å². The van der Waals surface area contributed by atoms with Crippen LogP contribution in [0, 0.1) is 0 Å². The van der Waals surface area contributed by atoms with Gasteiger partial charge in [0.15, 0.2) is 5.03 Å². The molecule has 1 aromatic heterocycles. The minimum Gasteiger partial charge on any atom is -0.326 e. The zero-order valence-electron chi connectivity index (χ0n) is 10.3. The summed E-state index contributed by atoms with van der Waals surface area (Å²) in [4.78, 5) is 3.96. The van der Waals surface area contributed by atoms with E-state index < -0.39 is 10.0 Å². The average Bonchev–Trinajstić information content (AvgIpc) is 2.39. The Labute approximate surface area is 108 Å². The molecule has 0 bridgehead atoms. The minimum atomic E-state index is -3.49. The highest BCUT2D eigenvalue weighted by molar-refractivity contribution is 7.89. The fourth-order valence-electron chi connectivity index (χ4n) is 2.19. The third kappa shape index (κ3) is 3.28. The van der Waals surface area contributed by atoms with Gasteiger partial charge in [0.25, 0.3) is 10.0 Å². The van der Waals surface area contributed by atoms with E-state index in [1.54, 1.807) is 6.07 Å². The molecule has 100 valence electrons. The van der Waals surface area contributed by atoms with Gasteiger partial charge in [-0.25, -0.2) is 18.1 Å². The fraction of sp³-hybridized carbons (Fsp3) is 0.583. The molecule has 0 atom stereocenters. The number of nitrogens with one attached hydrogen (secondary N) is 1. The van der Waals surface area contributed by atoms with Gasteiger partial charge in [-0.2, -0.15) is 0 Å². The van der Waals surface area contributed by atoms with E-state index in [0.717, 1.165) is 31.2 Å². The van der Waals surface area contributed by atoms with Crippen LogP contribution in [-0.4, -0.2) is 19.4 Å². The highest BCUT2D eigenvalue weighted by Crippen LogP contribution is 2.19. The van der Waals surface area contributed by atoms with Crippen molar-refractivity contribution < 1.29 is 8.42 Å². The molecular weight excluding hydrogens is 250 g/mol. The second-order valence-corrected chi connectivity index (χ2v) is 6.33. The molecule has 0 radical (unpaired) electrons. The molecule has 6 heteroatoms. The molecule has 0 saturated heterocycles. The molecule has 18 heavy (non-hydrogen) atoms. The first-order valence-corrected chi connectivity index (χ1v) is 7.77. The monoisotopic (exact) mass is 269 g/mol. The molecular formula is C12H19N3O2S. The van der Waals surface area contributed by atoms with E-state index in [4.69, 9.17) is 5.73 Å². The molecule has 0 amide bonds. The maximum atomic E-state index is 12.1. The summed E-state index contributed by atoms with van der Waals surface area (Å²) in [7, 11) is -3.49. The number of nitrogens with two attached hydrogens (primary N) is 1. The lowest BCUT2D eigenvalue weighted by molar-refractivity contribution is 0.411. The minimum absolute atomic E-state index is 0.0553. The number of sulfonamides is 1. The van der Waals surface area contributed by atoms with Crippen LogP contribution in [0.5, 0.6) is 0 Å². The number of hydrogen-bond donors (Lipinski definition) is 2. The van der Waals surface area contributed by atoms with E-state index in [1.165, 1.54) is 18.7 Å². The van der Waals surface area contributed by atoms with Crippen molar-refractivity contribution in [2.75, 3.05) is 0 Å². The number of rotatable bonds is 4. The average molecular weight is 269 g/mol. The summed E-state index contributed by atoms with van der Waals surface area (Å²) < 4.78 is 26.9. The zero-order valence-corrected chi connectivity index (χ0v) is 11.1. The van der Waals surface area contributed by atoms with Crippen LogP contribution >= 0.6 is 0 Å². The molecule has 1 fully saturated rings. The van der Waals surface area contributed by atoms with Gasteiger partial charge in [0.2, 0.25) is 0 Å². The molecule has 2 rings (SSSR count). The van der Waals surface area contributed by atoms with Gasteiger partial charge < -0.3 is 5.73 Å². The third-order valence-corrected chi connectivity index (χ3v) is 4.67. The van der Waals surface area contributed by atoms with Crippen LogP contribution in [0.4, 0.5) is 0 Å². The van der Waals surface area contributed by atoms with Crippen molar-refractivity contribution in [2.45, 2.75) is 49.7 Å². The first kappa shape index (κ1) is 13.5. The Morgan fingerprint density at radius 2 is 2.00 bits per heavy atom. The molecule has 0 aliphatic heterocycles. The van der Waals surface area contributed by atoms with E-state index in [9.17, 15) is 8.42 Å². The lowest BCUT2D eigenvalue weighted by Gasteiger charge is -2.22. The van der Waals surface area contributed by atoms with E-state index in [-0.39, 0.29) is 11.1 Å². The normalized spacial score (nSPS) is 17.8. The van der Waals surface area contributed by atoms with Gasteiger partial charge in [-0.05, 0) is 24.5 Å². The quantitative estimate of drug-likeness (QED) is 0.858. The van der Waals surface area contributed by atoms with Gasteiger partial charge >= 0.3 is 0 Å². The Hall–Kier alpha value is -0.980. The van der Waals surface area contributed by atoms with E-state index in [2.05, 4.69) is 9.71 Å². The van der Waals surface area contributed by atoms with Gasteiger partial charge in [-0.1, -0.05) is 25.3 Å². The summed E-state index contributed by atoms with van der Waals surface area (Å²) in [6.07, 6.45) is 6.72. The van der Waals surface area contributed by atoms with Gasteiger partial charge in [-0.15, -0.1) is 0 Å². The SMILES string of the molecule is NCc1ccc(S(=O)(=O)NC2CCCCC2)nc1. The van der Waals surface area contributed by atoms with Crippen molar-refractivity contribution >= 4 is 10.0 Å². The van der Waals surface area contributed by atoms with Crippen LogP contribution in [0.1, 0.15) is 37.7 Å². The molecule has 1 heterocycles. The predicted octanol–water partition coefficient (Wildman–Crippen LogP) is 1.15. The third-order valence-electron chi connectivity index (χ3n) is 3.24. The molecule has 0 aromatic carbocycles. The van der Waals surface area contributed by atoms with E-state index >= 15 is 0 Å². The van der Waals surface area contributed by atoms with Crippen LogP contribution in [0.3, 0.4) is 0 Å². The Kier molecular flexibility index (Phi) is 4.31. The first-order valence-electron chi connectivity index (χ1n) is 6.29. The first-order chi connectivity index (χ1) is 8.62. The van der Waals surface area contributed by atoms with Gasteiger partial charge in [0.05, 0.1) is 0 Å². The van der Waals surface area contributed by atoms with Crippen LogP contribution in [0.15, 0.2) is 23.4 Å². The second kappa shape index (κ2) is 5.77. The lowest BCUT2D eigenvalue weighted by Crippen LogP contribution is -2.36. The summed E-state index contributed by atoms with van der Waals surface area (Å²) in [5.74, 6) is 0. The van der Waals surface area contributed by atoms with Crippen LogP contribution in [0.25, 0.3) is 0 Å². The topological polar surface area (TPSA) is 85.1 Å². The summed E-state index contributed by atoms with van der Waals surface area (Å²) in [5.41, 5.74) is 6.28. The number of nitrogens with zero attached hydrogens (tertiary/aromatic N) is 1. The van der Waals surface area contributed by atoms with Gasteiger partial charge in [0, 0.05) is 18.8 Å². The maximum Gasteiger partial charge on any atom is 0.258 e. The lowest BCUT2D eigenvalue weighted by atomic mass is 9.96. The maximum absolute atomic E-state index is 12.1. The molecule has 5 nitrogen and oxygen atoms in total. The van der Waals surface area contributed by atoms with Crippen LogP contribution in [-0.2, 0) is 16.6 Å². The van der Waals surface area contributed by atoms with Crippen molar-refractivity contribution in [3.8, 4) is 0 Å². The van der Waals surface area contributed by atoms with E-state index in [1.807, 2.05) is 0 Å². The Balaban J connectivity index is 2.08. The summed E-state index contributed by atoms with van der Waals surface area (Å²) in [6.45, 7) is 0.364. The fourth-order valence-corrected chi connectivity index (χ4v) is 3.42. The van der Waals surface area contributed by atoms with E-state index in [0.29, 0.717) is 6.54 Å². The van der Waals surface area contributed by atoms with Crippen molar-refractivity contribution in [1.29, 1.82) is 0 Å².